The van der Waals surface area contributed by atoms with Gasteiger partial charge in [0.25, 0.3) is 0 Å². The number of ether oxygens (including phenoxy) is 1. The molecular weight excluding hydrogens is 218 g/mol. The summed E-state index contributed by atoms with van der Waals surface area (Å²) < 4.78 is 5.02. The highest BCUT2D eigenvalue weighted by Crippen LogP contribution is 2.24. The summed E-state index contributed by atoms with van der Waals surface area (Å²) in [5.41, 5.74) is 1.05. The lowest BCUT2D eigenvalue weighted by Gasteiger charge is -2.07. The van der Waals surface area contributed by atoms with Crippen LogP contribution in [-0.2, 0) is 4.79 Å². The summed E-state index contributed by atoms with van der Waals surface area (Å²) in [6, 6.07) is 8.70. The Balaban J connectivity index is 3.26. The number of allylic oxidation sites excluding steroid dienone is 1. The van der Waals surface area contributed by atoms with Crippen LogP contribution >= 0.6 is 0 Å². The number of methoxy groups -OCH3 is 1. The third-order valence-electron chi connectivity index (χ3n) is 2.42. The van der Waals surface area contributed by atoms with E-state index in [9.17, 15) is 4.79 Å². The van der Waals surface area contributed by atoms with E-state index in [1.165, 1.54) is 0 Å². The molecule has 1 rings (SSSR count). The van der Waals surface area contributed by atoms with E-state index in [1.807, 2.05) is 6.92 Å². The van der Waals surface area contributed by atoms with Crippen LogP contribution in [0.15, 0.2) is 29.8 Å². The molecule has 0 aliphatic rings. The minimum Gasteiger partial charge on any atom is -0.497 e. The van der Waals surface area contributed by atoms with E-state index in [0.717, 1.165) is 5.56 Å². The molecule has 0 bridgehead atoms. The van der Waals surface area contributed by atoms with Gasteiger partial charge in [0.15, 0.2) is 0 Å². The summed E-state index contributed by atoms with van der Waals surface area (Å²) >= 11 is 0. The standard InChI is InChI=1S/C13H13NO3/c1-3-11(12(8-14)13(15)16)9-4-6-10(17-2)7-5-9/h4-7H,3H2,1-2H3,(H,15,16)/b12-11+. The molecule has 0 heterocycles. The average molecular weight is 231 g/mol. The molecule has 0 saturated carbocycles. The average Bonchev–Trinajstić information content (AvgIpc) is 2.35. The summed E-state index contributed by atoms with van der Waals surface area (Å²) in [4.78, 5) is 10.9. The molecule has 17 heavy (non-hydrogen) atoms. The highest BCUT2D eigenvalue weighted by Gasteiger charge is 2.14. The Morgan fingerprint density at radius 3 is 2.35 bits per heavy atom. The molecule has 4 heteroatoms. The van der Waals surface area contributed by atoms with Crippen LogP contribution in [0.2, 0.25) is 0 Å². The van der Waals surface area contributed by atoms with E-state index in [2.05, 4.69) is 0 Å². The Hall–Kier alpha value is -2.28. The highest BCUT2D eigenvalue weighted by atomic mass is 16.5. The van der Waals surface area contributed by atoms with Gasteiger partial charge in [0.1, 0.15) is 17.4 Å². The fourth-order valence-electron chi connectivity index (χ4n) is 1.56. The fraction of sp³-hybridized carbons (Fsp3) is 0.231. The number of rotatable bonds is 4. The van der Waals surface area contributed by atoms with Crippen LogP contribution in [0.1, 0.15) is 18.9 Å². The van der Waals surface area contributed by atoms with Gasteiger partial charge in [0.05, 0.1) is 7.11 Å². The van der Waals surface area contributed by atoms with Crippen LogP contribution in [0.5, 0.6) is 5.75 Å². The van der Waals surface area contributed by atoms with Crippen molar-refractivity contribution in [2.24, 2.45) is 0 Å². The Kier molecular flexibility index (Phi) is 4.29. The van der Waals surface area contributed by atoms with E-state index in [0.29, 0.717) is 17.7 Å². The maximum Gasteiger partial charge on any atom is 0.346 e. The number of benzene rings is 1. The second kappa shape index (κ2) is 5.71. The molecule has 0 spiro atoms. The lowest BCUT2D eigenvalue weighted by Crippen LogP contribution is -2.02. The van der Waals surface area contributed by atoms with Crippen LogP contribution in [0.4, 0.5) is 0 Å². The van der Waals surface area contributed by atoms with Crippen LogP contribution in [0.25, 0.3) is 5.57 Å². The largest absolute Gasteiger partial charge is 0.497 e. The molecule has 0 aromatic heterocycles. The van der Waals surface area contributed by atoms with Crippen molar-refractivity contribution in [3.8, 4) is 11.8 Å². The van der Waals surface area contributed by atoms with Gasteiger partial charge < -0.3 is 9.84 Å². The topological polar surface area (TPSA) is 70.3 Å². The van der Waals surface area contributed by atoms with Gasteiger partial charge in [-0.1, -0.05) is 19.1 Å². The van der Waals surface area contributed by atoms with Crippen molar-refractivity contribution in [3.05, 3.63) is 35.4 Å². The van der Waals surface area contributed by atoms with Crippen LogP contribution in [-0.4, -0.2) is 18.2 Å². The summed E-state index contributed by atoms with van der Waals surface area (Å²) in [6.07, 6.45) is 0.488. The zero-order chi connectivity index (χ0) is 12.8. The molecule has 0 unspecified atom stereocenters. The Bertz CT molecular complexity index is 480. The molecule has 1 aromatic carbocycles. The molecule has 4 nitrogen and oxygen atoms in total. The van der Waals surface area contributed by atoms with Crippen molar-refractivity contribution in [3.63, 3.8) is 0 Å². The van der Waals surface area contributed by atoms with Crippen molar-refractivity contribution < 1.29 is 14.6 Å². The summed E-state index contributed by atoms with van der Waals surface area (Å²) in [7, 11) is 1.56. The first kappa shape index (κ1) is 12.8. The Labute approximate surface area is 99.8 Å². The van der Waals surface area contributed by atoms with E-state index in [4.69, 9.17) is 15.1 Å². The fourth-order valence-corrected chi connectivity index (χ4v) is 1.56. The van der Waals surface area contributed by atoms with Crippen LogP contribution in [0.3, 0.4) is 0 Å². The van der Waals surface area contributed by atoms with Crippen molar-refractivity contribution in [1.82, 2.24) is 0 Å². The van der Waals surface area contributed by atoms with Crippen LogP contribution in [0, 0.1) is 11.3 Å². The van der Waals surface area contributed by atoms with Gasteiger partial charge >= 0.3 is 5.97 Å². The summed E-state index contributed by atoms with van der Waals surface area (Å²) in [5.74, 6) is -0.502. The maximum absolute atomic E-state index is 10.9. The molecule has 1 aromatic rings. The number of carbonyl (C=O) groups is 1. The van der Waals surface area contributed by atoms with Gasteiger partial charge in [-0.2, -0.15) is 5.26 Å². The minimum atomic E-state index is -1.19. The number of hydrogen-bond acceptors (Lipinski definition) is 3. The number of carboxylic acid groups (broad SMARTS) is 1. The third kappa shape index (κ3) is 2.85. The van der Waals surface area contributed by atoms with Gasteiger partial charge in [0, 0.05) is 0 Å². The number of aliphatic carboxylic acids is 1. The molecule has 1 N–H and O–H groups in total. The number of nitrogens with zero attached hydrogens (tertiary/aromatic N) is 1. The number of carboxylic acids is 1. The quantitative estimate of drug-likeness (QED) is 0.638. The van der Waals surface area contributed by atoms with Gasteiger partial charge in [-0.05, 0) is 29.7 Å². The van der Waals surface area contributed by atoms with Crippen molar-refractivity contribution >= 4 is 11.5 Å². The van der Waals surface area contributed by atoms with E-state index in [1.54, 1.807) is 37.4 Å². The monoisotopic (exact) mass is 231 g/mol. The van der Waals surface area contributed by atoms with Crippen molar-refractivity contribution in [2.75, 3.05) is 7.11 Å². The molecule has 0 aliphatic heterocycles. The second-order valence-electron chi connectivity index (χ2n) is 3.35. The molecule has 0 saturated heterocycles. The number of hydrogen-bond donors (Lipinski definition) is 1. The maximum atomic E-state index is 10.9. The molecule has 88 valence electrons. The van der Waals surface area contributed by atoms with E-state index in [-0.39, 0.29) is 5.57 Å². The first-order valence-electron chi connectivity index (χ1n) is 5.15. The lowest BCUT2D eigenvalue weighted by molar-refractivity contribution is -0.132. The minimum absolute atomic E-state index is 0.210. The molecule has 0 atom stereocenters. The molecular formula is C13H13NO3. The van der Waals surface area contributed by atoms with E-state index < -0.39 is 5.97 Å². The number of nitriles is 1. The first-order chi connectivity index (χ1) is 8.13. The van der Waals surface area contributed by atoms with Gasteiger partial charge in [-0.25, -0.2) is 4.79 Å². The van der Waals surface area contributed by atoms with Crippen LogP contribution < -0.4 is 4.74 Å². The zero-order valence-corrected chi connectivity index (χ0v) is 9.73. The molecule has 0 fully saturated rings. The summed E-state index contributed by atoms with van der Waals surface area (Å²) in [5, 5.41) is 17.8. The lowest BCUT2D eigenvalue weighted by atomic mass is 9.98. The van der Waals surface area contributed by atoms with Crippen molar-refractivity contribution in [2.45, 2.75) is 13.3 Å². The van der Waals surface area contributed by atoms with Crippen molar-refractivity contribution in [1.29, 1.82) is 5.26 Å². The Morgan fingerprint density at radius 1 is 1.41 bits per heavy atom. The normalized spacial score (nSPS) is 11.4. The molecule has 0 radical (unpaired) electrons. The Morgan fingerprint density at radius 2 is 2.00 bits per heavy atom. The zero-order valence-electron chi connectivity index (χ0n) is 9.73. The van der Waals surface area contributed by atoms with Gasteiger partial charge in [-0.15, -0.1) is 0 Å². The van der Waals surface area contributed by atoms with Gasteiger partial charge in [0.2, 0.25) is 0 Å². The van der Waals surface area contributed by atoms with E-state index >= 15 is 0 Å². The summed E-state index contributed by atoms with van der Waals surface area (Å²) in [6.45, 7) is 1.82. The SMILES string of the molecule is CC/C(=C(/C#N)C(=O)O)c1ccc(OC)cc1. The van der Waals surface area contributed by atoms with Gasteiger partial charge in [-0.3, -0.25) is 0 Å². The highest BCUT2D eigenvalue weighted by molar-refractivity contribution is 6.00. The smallest absolute Gasteiger partial charge is 0.346 e. The predicted octanol–water partition coefficient (Wildman–Crippen LogP) is 2.47. The third-order valence-corrected chi connectivity index (χ3v) is 2.42. The molecule has 0 amide bonds. The predicted molar refractivity (Wildman–Crippen MR) is 63.5 cm³/mol. The first-order valence-corrected chi connectivity index (χ1v) is 5.15. The second-order valence-corrected chi connectivity index (χ2v) is 3.35. The molecule has 0 aliphatic carbocycles.